The monoisotopic (exact) mass is 498 g/mol. The van der Waals surface area contributed by atoms with Gasteiger partial charge in [0.15, 0.2) is 17.3 Å². The summed E-state index contributed by atoms with van der Waals surface area (Å²) in [5.41, 5.74) is 1.18. The van der Waals surface area contributed by atoms with Crippen molar-refractivity contribution in [2.24, 2.45) is 0 Å². The molecule has 1 amide bonds. The molecule has 3 heterocycles. The standard InChI is InChI=1S/C24H23BrN2O5/c25-19-3-1-2-4-20(19)29-15-18-6-8-22(32-18)24(28)27-11-9-26(10-12-27)14-17-5-7-21-23(13-17)31-16-30-21/h1-8,13H,9-12,14-16H2. The molecule has 0 saturated carbocycles. The minimum absolute atomic E-state index is 0.0835. The van der Waals surface area contributed by atoms with Gasteiger partial charge in [-0.3, -0.25) is 9.69 Å². The van der Waals surface area contributed by atoms with Gasteiger partial charge < -0.3 is 23.5 Å². The minimum atomic E-state index is -0.0835. The van der Waals surface area contributed by atoms with E-state index in [0.29, 0.717) is 24.6 Å². The molecule has 32 heavy (non-hydrogen) atoms. The number of hydrogen-bond acceptors (Lipinski definition) is 6. The lowest BCUT2D eigenvalue weighted by atomic mass is 10.1. The molecular weight excluding hydrogens is 476 g/mol. The average Bonchev–Trinajstić information content (AvgIpc) is 3.48. The van der Waals surface area contributed by atoms with E-state index in [4.69, 9.17) is 18.6 Å². The summed E-state index contributed by atoms with van der Waals surface area (Å²) in [6, 6.07) is 17.2. The van der Waals surface area contributed by atoms with Gasteiger partial charge in [-0.1, -0.05) is 18.2 Å². The third-order valence-electron chi connectivity index (χ3n) is 5.58. The fourth-order valence-electron chi connectivity index (χ4n) is 3.84. The number of halogens is 1. The molecule has 2 aliphatic heterocycles. The second kappa shape index (κ2) is 9.26. The molecule has 3 aromatic rings. The maximum Gasteiger partial charge on any atom is 0.289 e. The first-order valence-corrected chi connectivity index (χ1v) is 11.3. The number of rotatable bonds is 6. The molecule has 1 fully saturated rings. The van der Waals surface area contributed by atoms with Gasteiger partial charge in [-0.15, -0.1) is 0 Å². The Morgan fingerprint density at radius 2 is 1.78 bits per heavy atom. The van der Waals surface area contributed by atoms with Crippen LogP contribution in [0, 0.1) is 0 Å². The van der Waals surface area contributed by atoms with Crippen LogP contribution in [0.5, 0.6) is 17.2 Å². The van der Waals surface area contributed by atoms with Crippen LogP contribution in [0.2, 0.25) is 0 Å². The molecule has 0 atom stereocenters. The third kappa shape index (κ3) is 4.61. The van der Waals surface area contributed by atoms with E-state index < -0.39 is 0 Å². The predicted molar refractivity (Wildman–Crippen MR) is 121 cm³/mol. The van der Waals surface area contributed by atoms with E-state index in [-0.39, 0.29) is 19.3 Å². The molecule has 7 nitrogen and oxygen atoms in total. The summed E-state index contributed by atoms with van der Waals surface area (Å²) >= 11 is 3.46. The van der Waals surface area contributed by atoms with E-state index in [2.05, 4.69) is 26.9 Å². The van der Waals surface area contributed by atoms with Crippen LogP contribution in [0.15, 0.2) is 63.5 Å². The zero-order valence-electron chi connectivity index (χ0n) is 17.5. The first-order chi connectivity index (χ1) is 15.7. The molecule has 166 valence electrons. The van der Waals surface area contributed by atoms with Crippen LogP contribution >= 0.6 is 15.9 Å². The van der Waals surface area contributed by atoms with Crippen molar-refractivity contribution in [3.05, 3.63) is 76.2 Å². The van der Waals surface area contributed by atoms with Crippen molar-refractivity contribution < 1.29 is 23.4 Å². The highest BCUT2D eigenvalue weighted by atomic mass is 79.9. The number of ether oxygens (including phenoxy) is 3. The molecule has 0 N–H and O–H groups in total. The summed E-state index contributed by atoms with van der Waals surface area (Å²) in [6.45, 7) is 4.29. The van der Waals surface area contributed by atoms with E-state index in [1.807, 2.05) is 41.3 Å². The minimum Gasteiger partial charge on any atom is -0.484 e. The summed E-state index contributed by atoms with van der Waals surface area (Å²) < 4.78 is 23.2. The zero-order valence-corrected chi connectivity index (χ0v) is 19.0. The quantitative estimate of drug-likeness (QED) is 0.504. The van der Waals surface area contributed by atoms with Crippen molar-refractivity contribution in [2.75, 3.05) is 33.0 Å². The van der Waals surface area contributed by atoms with Crippen LogP contribution in [0.1, 0.15) is 21.9 Å². The number of para-hydroxylation sites is 1. The Morgan fingerprint density at radius 3 is 2.62 bits per heavy atom. The summed E-state index contributed by atoms with van der Waals surface area (Å²) in [4.78, 5) is 17.0. The molecule has 0 bridgehead atoms. The molecule has 1 aromatic heterocycles. The van der Waals surface area contributed by atoms with Gasteiger partial charge in [0.2, 0.25) is 6.79 Å². The molecule has 0 radical (unpaired) electrons. The second-order valence-electron chi connectivity index (χ2n) is 7.74. The van der Waals surface area contributed by atoms with Gasteiger partial charge in [0.25, 0.3) is 5.91 Å². The van der Waals surface area contributed by atoms with Crippen LogP contribution in [-0.2, 0) is 13.2 Å². The number of piperazine rings is 1. The molecule has 8 heteroatoms. The number of amides is 1. The van der Waals surface area contributed by atoms with Gasteiger partial charge in [0.05, 0.1) is 4.47 Å². The van der Waals surface area contributed by atoms with Gasteiger partial charge in [0.1, 0.15) is 18.1 Å². The number of hydrogen-bond donors (Lipinski definition) is 0. The van der Waals surface area contributed by atoms with E-state index in [9.17, 15) is 4.79 Å². The number of carbonyl (C=O) groups is 1. The summed E-state index contributed by atoms with van der Waals surface area (Å²) in [5.74, 6) is 3.21. The van der Waals surface area contributed by atoms with E-state index in [1.165, 1.54) is 5.56 Å². The van der Waals surface area contributed by atoms with Crippen LogP contribution in [0.4, 0.5) is 0 Å². The number of fused-ring (bicyclic) bond motifs is 1. The Hall–Kier alpha value is -2.97. The van der Waals surface area contributed by atoms with Crippen molar-refractivity contribution >= 4 is 21.8 Å². The Morgan fingerprint density at radius 1 is 0.969 bits per heavy atom. The van der Waals surface area contributed by atoms with Crippen molar-refractivity contribution in [3.8, 4) is 17.2 Å². The molecule has 5 rings (SSSR count). The lowest BCUT2D eigenvalue weighted by Gasteiger charge is -2.34. The summed E-state index contributed by atoms with van der Waals surface area (Å²) in [5, 5.41) is 0. The molecule has 0 spiro atoms. The highest BCUT2D eigenvalue weighted by Gasteiger charge is 2.25. The van der Waals surface area contributed by atoms with E-state index >= 15 is 0 Å². The molecule has 0 aliphatic carbocycles. The normalized spacial score (nSPS) is 15.7. The van der Waals surface area contributed by atoms with Crippen molar-refractivity contribution in [3.63, 3.8) is 0 Å². The first-order valence-electron chi connectivity index (χ1n) is 10.5. The van der Waals surface area contributed by atoms with Gasteiger partial charge in [-0.2, -0.15) is 0 Å². The lowest BCUT2D eigenvalue weighted by Crippen LogP contribution is -2.48. The average molecular weight is 499 g/mol. The highest BCUT2D eigenvalue weighted by Crippen LogP contribution is 2.33. The Kier molecular flexibility index (Phi) is 6.05. The van der Waals surface area contributed by atoms with Crippen molar-refractivity contribution in [2.45, 2.75) is 13.2 Å². The van der Waals surface area contributed by atoms with Crippen LogP contribution in [-0.4, -0.2) is 48.7 Å². The van der Waals surface area contributed by atoms with Crippen molar-refractivity contribution in [1.82, 2.24) is 9.80 Å². The second-order valence-corrected chi connectivity index (χ2v) is 8.60. The van der Waals surface area contributed by atoms with E-state index in [1.54, 1.807) is 12.1 Å². The summed E-state index contributed by atoms with van der Waals surface area (Å²) in [6.07, 6.45) is 0. The van der Waals surface area contributed by atoms with Crippen LogP contribution < -0.4 is 14.2 Å². The molecule has 0 unspecified atom stereocenters. The predicted octanol–water partition coefficient (Wildman–Crippen LogP) is 4.31. The molecule has 2 aliphatic rings. The maximum atomic E-state index is 12.9. The van der Waals surface area contributed by atoms with Gasteiger partial charge >= 0.3 is 0 Å². The van der Waals surface area contributed by atoms with E-state index in [0.717, 1.165) is 41.4 Å². The maximum absolute atomic E-state index is 12.9. The van der Waals surface area contributed by atoms with Gasteiger partial charge in [-0.25, -0.2) is 0 Å². The zero-order chi connectivity index (χ0) is 21.9. The molecule has 2 aromatic carbocycles. The molecule has 1 saturated heterocycles. The Bertz CT molecular complexity index is 1110. The number of nitrogens with zero attached hydrogens (tertiary/aromatic N) is 2. The van der Waals surface area contributed by atoms with Crippen LogP contribution in [0.3, 0.4) is 0 Å². The lowest BCUT2D eigenvalue weighted by molar-refractivity contribution is 0.0594. The number of furan rings is 1. The summed E-state index contributed by atoms with van der Waals surface area (Å²) in [7, 11) is 0. The topological polar surface area (TPSA) is 64.4 Å². The smallest absolute Gasteiger partial charge is 0.289 e. The van der Waals surface area contributed by atoms with Gasteiger partial charge in [0, 0.05) is 32.7 Å². The van der Waals surface area contributed by atoms with Gasteiger partial charge in [-0.05, 0) is 57.9 Å². The number of carbonyl (C=O) groups excluding carboxylic acids is 1. The Balaban J connectivity index is 1.12. The first kappa shape index (κ1) is 20.9. The largest absolute Gasteiger partial charge is 0.484 e. The fraction of sp³-hybridized carbons (Fsp3) is 0.292. The fourth-order valence-corrected chi connectivity index (χ4v) is 4.24. The van der Waals surface area contributed by atoms with Crippen molar-refractivity contribution in [1.29, 1.82) is 0 Å². The third-order valence-corrected chi connectivity index (χ3v) is 6.24. The van der Waals surface area contributed by atoms with Crippen LogP contribution in [0.25, 0.3) is 0 Å². The SMILES string of the molecule is O=C(c1ccc(COc2ccccc2Br)o1)N1CCN(Cc2ccc3c(c2)OCO3)CC1. The highest BCUT2D eigenvalue weighted by molar-refractivity contribution is 9.10. The number of benzene rings is 2. The Labute approximate surface area is 194 Å². The molecular formula is C24H23BrN2O5.